The minimum atomic E-state index is -4.43. The molecule has 1 heterocycles. The Labute approximate surface area is 355 Å². The number of nitrogens with zero attached hydrogens (tertiary/aromatic N) is 2. The van der Waals surface area contributed by atoms with Crippen molar-refractivity contribution >= 4 is 38.9 Å². The fraction of sp³-hybridized carbons (Fsp3) is 0.127. The van der Waals surface area contributed by atoms with E-state index in [4.69, 9.17) is 5.73 Å². The zero-order valence-electron chi connectivity index (χ0n) is 34.4. The van der Waals surface area contributed by atoms with Crippen LogP contribution >= 0.6 is 0 Å². The van der Waals surface area contributed by atoms with Gasteiger partial charge in [0, 0.05) is 39.1 Å². The summed E-state index contributed by atoms with van der Waals surface area (Å²) in [5, 5.41) is 1.98. The van der Waals surface area contributed by atoms with Crippen molar-refractivity contribution in [2.45, 2.75) is 44.8 Å². The van der Waals surface area contributed by atoms with Crippen molar-refractivity contribution in [2.75, 3.05) is 4.90 Å². The number of rotatable bonds is 10. The molecule has 0 radical (unpaired) electrons. The topological polar surface area (TPSA) is 34.2 Å². The van der Waals surface area contributed by atoms with Crippen LogP contribution in [0.25, 0.3) is 60.9 Å². The van der Waals surface area contributed by atoms with Crippen molar-refractivity contribution in [2.24, 2.45) is 5.73 Å². The fourth-order valence-electron chi connectivity index (χ4n) is 8.63. The molecule has 0 aliphatic carbocycles. The molecule has 1 atom stereocenters. The summed E-state index contributed by atoms with van der Waals surface area (Å²) < 4.78 is 43.2. The Morgan fingerprint density at radius 2 is 0.918 bits per heavy atom. The first-order chi connectivity index (χ1) is 29.4. The largest absolute Gasteiger partial charge is 0.416 e. The van der Waals surface area contributed by atoms with Crippen molar-refractivity contribution < 1.29 is 13.2 Å². The molecule has 61 heavy (non-hydrogen) atoms. The number of fused-ring (bicyclic) bond motifs is 3. The van der Waals surface area contributed by atoms with Gasteiger partial charge in [0.2, 0.25) is 0 Å². The Hall–Kier alpha value is -6.89. The molecule has 1 unspecified atom stereocenters. The molecule has 0 fully saturated rings. The highest BCUT2D eigenvalue weighted by molar-refractivity contribution is 6.12. The van der Waals surface area contributed by atoms with Crippen LogP contribution in [-0.2, 0) is 6.18 Å². The summed E-state index contributed by atoms with van der Waals surface area (Å²) in [7, 11) is 0. The van der Waals surface area contributed by atoms with E-state index in [1.54, 1.807) is 12.1 Å². The maximum atomic E-state index is 13.7. The molecular weight excluding hydrogens is 760 g/mol. The monoisotopic (exact) mass is 805 g/mol. The van der Waals surface area contributed by atoms with Crippen LogP contribution in [0.1, 0.15) is 44.2 Å². The Morgan fingerprint density at radius 1 is 0.492 bits per heavy atom. The van der Waals surface area contributed by atoms with Crippen LogP contribution in [-0.4, -0.2) is 10.1 Å². The number of hydrogen-bond acceptors (Lipinski definition) is 2. The molecule has 0 spiro atoms. The number of nitrogens with two attached hydrogens (primary N) is 1. The van der Waals surface area contributed by atoms with Gasteiger partial charge in [-0.2, -0.15) is 13.2 Å². The van der Waals surface area contributed by atoms with E-state index in [9.17, 15) is 13.2 Å². The van der Waals surface area contributed by atoms with Gasteiger partial charge in [-0.15, -0.1) is 0 Å². The lowest BCUT2D eigenvalue weighted by Gasteiger charge is -2.26. The SMILES string of the molecule is CC(CC(C)(C)N)c1ccc(-c2ccc3c(c2)c2cc(N(c4ccc(-c5ccccc5)cc4)c4ccc(-c5ccccc5)cc4)ccc2n3-c2ccc(C(F)(F)F)cc2)cc1. The lowest BCUT2D eigenvalue weighted by molar-refractivity contribution is -0.137. The van der Waals surface area contributed by atoms with E-state index in [-0.39, 0.29) is 5.54 Å². The maximum Gasteiger partial charge on any atom is 0.416 e. The number of anilines is 3. The first kappa shape index (κ1) is 39.6. The molecule has 2 N–H and O–H groups in total. The second-order valence-corrected chi connectivity index (χ2v) is 16.7. The molecule has 302 valence electrons. The fourth-order valence-corrected chi connectivity index (χ4v) is 8.63. The lowest BCUT2D eigenvalue weighted by atomic mass is 9.87. The molecule has 0 saturated carbocycles. The highest BCUT2D eigenvalue weighted by atomic mass is 19.4. The van der Waals surface area contributed by atoms with Crippen LogP contribution in [0.5, 0.6) is 0 Å². The highest BCUT2D eigenvalue weighted by Crippen LogP contribution is 2.42. The van der Waals surface area contributed by atoms with E-state index in [2.05, 4.69) is 164 Å². The van der Waals surface area contributed by atoms with Crippen LogP contribution < -0.4 is 10.6 Å². The zero-order chi connectivity index (χ0) is 42.3. The van der Waals surface area contributed by atoms with Crippen molar-refractivity contribution in [3.8, 4) is 39.1 Å². The number of benzene rings is 8. The van der Waals surface area contributed by atoms with Gasteiger partial charge in [-0.3, -0.25) is 0 Å². The first-order valence-electron chi connectivity index (χ1n) is 20.7. The second-order valence-electron chi connectivity index (χ2n) is 16.7. The van der Waals surface area contributed by atoms with Crippen LogP contribution in [0.3, 0.4) is 0 Å². The third-order valence-corrected chi connectivity index (χ3v) is 11.6. The first-order valence-corrected chi connectivity index (χ1v) is 20.7. The second kappa shape index (κ2) is 15.9. The van der Waals surface area contributed by atoms with Crippen LogP contribution in [0.15, 0.2) is 194 Å². The van der Waals surface area contributed by atoms with Crippen LogP contribution in [0.4, 0.5) is 30.2 Å². The maximum absolute atomic E-state index is 13.7. The number of aromatic nitrogens is 1. The van der Waals surface area contributed by atoms with Crippen molar-refractivity contribution in [1.82, 2.24) is 4.57 Å². The molecular formula is C55H46F3N3. The van der Waals surface area contributed by atoms with Gasteiger partial charge in [-0.05, 0) is 144 Å². The molecule has 8 aromatic carbocycles. The molecule has 0 aliphatic rings. The molecule has 0 aliphatic heterocycles. The van der Waals surface area contributed by atoms with Gasteiger partial charge in [0.25, 0.3) is 0 Å². The third kappa shape index (κ3) is 8.20. The normalized spacial score (nSPS) is 12.5. The Morgan fingerprint density at radius 3 is 1.43 bits per heavy atom. The van der Waals surface area contributed by atoms with E-state index in [1.807, 2.05) is 36.4 Å². The third-order valence-electron chi connectivity index (χ3n) is 11.6. The molecule has 0 amide bonds. The van der Waals surface area contributed by atoms with E-state index >= 15 is 0 Å². The highest BCUT2D eigenvalue weighted by Gasteiger charge is 2.30. The summed E-state index contributed by atoms with van der Waals surface area (Å²) in [4.78, 5) is 2.26. The Bertz CT molecular complexity index is 2840. The molecule has 9 aromatic rings. The number of hydrogen-bond donors (Lipinski definition) is 1. The zero-order valence-corrected chi connectivity index (χ0v) is 34.4. The van der Waals surface area contributed by atoms with E-state index in [0.29, 0.717) is 11.6 Å². The smallest absolute Gasteiger partial charge is 0.326 e. The predicted octanol–water partition coefficient (Wildman–Crippen LogP) is 15.5. The summed E-state index contributed by atoms with van der Waals surface area (Å²) >= 11 is 0. The van der Waals surface area contributed by atoms with Gasteiger partial charge in [0.15, 0.2) is 0 Å². The quantitative estimate of drug-likeness (QED) is 0.149. The van der Waals surface area contributed by atoms with Gasteiger partial charge < -0.3 is 15.2 Å². The molecule has 3 nitrogen and oxygen atoms in total. The summed E-state index contributed by atoms with van der Waals surface area (Å²) in [6, 6.07) is 64.8. The van der Waals surface area contributed by atoms with Gasteiger partial charge in [-0.1, -0.05) is 122 Å². The van der Waals surface area contributed by atoms with E-state index < -0.39 is 11.7 Å². The van der Waals surface area contributed by atoms with Crippen molar-refractivity contribution in [3.63, 3.8) is 0 Å². The van der Waals surface area contributed by atoms with Gasteiger partial charge in [0.1, 0.15) is 0 Å². The average Bonchev–Trinajstić information content (AvgIpc) is 3.60. The number of halogens is 3. The van der Waals surface area contributed by atoms with E-state index in [1.165, 1.54) is 5.56 Å². The Kier molecular flexibility index (Phi) is 10.3. The van der Waals surface area contributed by atoms with Crippen molar-refractivity contribution in [3.05, 3.63) is 205 Å². The van der Waals surface area contributed by atoms with Gasteiger partial charge >= 0.3 is 6.18 Å². The van der Waals surface area contributed by atoms with Crippen molar-refractivity contribution in [1.29, 1.82) is 0 Å². The van der Waals surface area contributed by atoms with E-state index in [0.717, 1.165) is 90.8 Å². The minimum Gasteiger partial charge on any atom is -0.326 e. The molecule has 0 bridgehead atoms. The molecule has 1 aromatic heterocycles. The van der Waals surface area contributed by atoms with Gasteiger partial charge in [-0.25, -0.2) is 0 Å². The summed E-state index contributed by atoms with van der Waals surface area (Å²) in [5.74, 6) is 0.309. The molecule has 6 heteroatoms. The van der Waals surface area contributed by atoms with Crippen LogP contribution in [0.2, 0.25) is 0 Å². The standard InChI is InChI=1S/C55H46F3N3/c1-37(36-54(2,3)59)38-14-16-43(17-15-38)44-22-32-52-50(34-44)51-35-49(31-33-53(51)61(52)48-29-23-45(24-30-48)55(56,57)58)60(46-25-18-41(19-26-46)39-10-6-4-7-11-39)47-27-20-42(21-28-47)40-12-8-5-9-13-40/h4-35,37H,36,59H2,1-3H3. The number of alkyl halides is 3. The average molecular weight is 806 g/mol. The molecule has 9 rings (SSSR count). The lowest BCUT2D eigenvalue weighted by Crippen LogP contribution is -2.33. The summed E-state index contributed by atoms with van der Waals surface area (Å²) in [6.45, 7) is 6.33. The summed E-state index contributed by atoms with van der Waals surface area (Å²) in [5.41, 5.74) is 18.7. The predicted molar refractivity (Wildman–Crippen MR) is 248 cm³/mol. The van der Waals surface area contributed by atoms with Gasteiger partial charge in [0.05, 0.1) is 16.6 Å². The van der Waals surface area contributed by atoms with Crippen LogP contribution in [0, 0.1) is 0 Å². The molecule has 0 saturated heterocycles. The minimum absolute atomic E-state index is 0.268. The Balaban J connectivity index is 1.20. The summed E-state index contributed by atoms with van der Waals surface area (Å²) in [6.07, 6.45) is -3.56.